The highest BCUT2D eigenvalue weighted by molar-refractivity contribution is 5.94. The maximum atomic E-state index is 12.5. The van der Waals surface area contributed by atoms with Crippen LogP contribution in [0, 0.1) is 0 Å². The molecule has 0 spiro atoms. The number of benzene rings is 1. The molecule has 0 radical (unpaired) electrons. The molecule has 0 aliphatic heterocycles. The third kappa shape index (κ3) is 3.08. The average Bonchev–Trinajstić information content (AvgIpc) is 2.88. The first kappa shape index (κ1) is 13.9. The smallest absolute Gasteiger partial charge is 0.416 e. The molecule has 5 nitrogen and oxygen atoms in total. The zero-order valence-corrected chi connectivity index (χ0v) is 9.94. The van der Waals surface area contributed by atoms with Crippen LogP contribution in [0.3, 0.4) is 0 Å². The van der Waals surface area contributed by atoms with Crippen LogP contribution >= 0.6 is 0 Å². The minimum Gasteiger partial charge on any atom is -0.478 e. The maximum absolute atomic E-state index is 12.5. The van der Waals surface area contributed by atoms with Crippen molar-refractivity contribution >= 4 is 11.7 Å². The quantitative estimate of drug-likeness (QED) is 0.903. The molecule has 0 saturated carbocycles. The molecule has 20 heavy (non-hydrogen) atoms. The Morgan fingerprint density at radius 1 is 1.35 bits per heavy atom. The highest BCUT2D eigenvalue weighted by atomic mass is 19.4. The second kappa shape index (κ2) is 5.24. The lowest BCUT2D eigenvalue weighted by molar-refractivity contribution is -0.137. The van der Waals surface area contributed by atoms with Crippen LogP contribution in [0.25, 0.3) is 0 Å². The Hall–Kier alpha value is -2.51. The number of hydrogen-bond acceptors (Lipinski definition) is 4. The summed E-state index contributed by atoms with van der Waals surface area (Å²) in [5.41, 5.74) is -0.889. The lowest BCUT2D eigenvalue weighted by atomic mass is 10.1. The van der Waals surface area contributed by atoms with Crippen LogP contribution in [0.1, 0.15) is 21.6 Å². The Balaban J connectivity index is 2.26. The first-order chi connectivity index (χ1) is 9.38. The Kier molecular flexibility index (Phi) is 3.64. The molecule has 8 heteroatoms. The first-order valence-electron chi connectivity index (χ1n) is 5.45. The molecule has 1 aromatic heterocycles. The maximum Gasteiger partial charge on any atom is 0.416 e. The summed E-state index contributed by atoms with van der Waals surface area (Å²) in [6, 6.07) is 4.04. The average molecular weight is 286 g/mol. The van der Waals surface area contributed by atoms with E-state index >= 15 is 0 Å². The zero-order chi connectivity index (χ0) is 14.8. The van der Waals surface area contributed by atoms with Crippen molar-refractivity contribution in [3.8, 4) is 0 Å². The van der Waals surface area contributed by atoms with E-state index in [2.05, 4.69) is 15.0 Å². The van der Waals surface area contributed by atoms with Crippen molar-refractivity contribution in [2.45, 2.75) is 12.7 Å². The fraction of sp³-hybridized carbons (Fsp3) is 0.167. The molecule has 0 bridgehead atoms. The number of alkyl halides is 3. The molecule has 2 N–H and O–H groups in total. The monoisotopic (exact) mass is 286 g/mol. The number of hydrogen-bond donors (Lipinski definition) is 2. The van der Waals surface area contributed by atoms with Crippen molar-refractivity contribution in [3.63, 3.8) is 0 Å². The van der Waals surface area contributed by atoms with E-state index in [0.717, 1.165) is 12.1 Å². The molecule has 2 aromatic rings. The van der Waals surface area contributed by atoms with Gasteiger partial charge in [-0.3, -0.25) is 0 Å². The van der Waals surface area contributed by atoms with Crippen molar-refractivity contribution in [1.29, 1.82) is 0 Å². The minimum atomic E-state index is -4.59. The number of carbonyl (C=O) groups is 1. The summed E-state index contributed by atoms with van der Waals surface area (Å²) in [5.74, 6) is -1.45. The fourth-order valence-electron chi connectivity index (χ4n) is 1.57. The molecular weight excluding hydrogens is 277 g/mol. The van der Waals surface area contributed by atoms with E-state index in [9.17, 15) is 18.0 Å². The third-order valence-electron chi connectivity index (χ3n) is 2.53. The molecule has 0 aliphatic rings. The molecule has 0 amide bonds. The molecule has 1 heterocycles. The molecule has 2 rings (SSSR count). The van der Waals surface area contributed by atoms with Gasteiger partial charge in [-0.15, -0.1) is 0 Å². The minimum absolute atomic E-state index is 0.0773. The SMILES string of the molecule is O=C(O)c1cc(C(F)(F)F)ccc1NCc1ccon1. The van der Waals surface area contributed by atoms with Gasteiger partial charge in [0.05, 0.1) is 17.7 Å². The first-order valence-corrected chi connectivity index (χ1v) is 5.45. The van der Waals surface area contributed by atoms with Crippen LogP contribution < -0.4 is 5.32 Å². The lowest BCUT2D eigenvalue weighted by Gasteiger charge is -2.12. The van der Waals surface area contributed by atoms with Gasteiger partial charge in [0.1, 0.15) is 12.0 Å². The molecule has 0 atom stereocenters. The van der Waals surface area contributed by atoms with Gasteiger partial charge in [0.25, 0.3) is 0 Å². The molecule has 0 fully saturated rings. The highest BCUT2D eigenvalue weighted by Gasteiger charge is 2.31. The number of rotatable bonds is 4. The van der Waals surface area contributed by atoms with E-state index in [4.69, 9.17) is 5.11 Å². The van der Waals surface area contributed by atoms with Gasteiger partial charge in [-0.25, -0.2) is 4.79 Å². The Labute approximate surface area is 111 Å². The number of nitrogens with zero attached hydrogens (tertiary/aromatic N) is 1. The van der Waals surface area contributed by atoms with E-state index < -0.39 is 23.3 Å². The van der Waals surface area contributed by atoms with E-state index in [-0.39, 0.29) is 12.2 Å². The predicted molar refractivity (Wildman–Crippen MR) is 62.2 cm³/mol. The fourth-order valence-corrected chi connectivity index (χ4v) is 1.57. The Morgan fingerprint density at radius 2 is 2.10 bits per heavy atom. The number of halogens is 3. The summed E-state index contributed by atoms with van der Waals surface area (Å²) >= 11 is 0. The van der Waals surface area contributed by atoms with E-state index in [1.54, 1.807) is 6.07 Å². The summed E-state index contributed by atoms with van der Waals surface area (Å²) in [5, 5.41) is 15.3. The lowest BCUT2D eigenvalue weighted by Crippen LogP contribution is -2.11. The van der Waals surface area contributed by atoms with Crippen molar-refractivity contribution in [3.05, 3.63) is 47.3 Å². The zero-order valence-electron chi connectivity index (χ0n) is 9.94. The van der Waals surface area contributed by atoms with Crippen molar-refractivity contribution in [2.75, 3.05) is 5.32 Å². The summed E-state index contributed by atoms with van der Waals surface area (Å²) < 4.78 is 42.2. The van der Waals surface area contributed by atoms with E-state index in [1.165, 1.54) is 6.26 Å². The number of carboxylic acid groups (broad SMARTS) is 1. The molecule has 0 unspecified atom stereocenters. The van der Waals surface area contributed by atoms with Crippen molar-refractivity contribution in [2.24, 2.45) is 0 Å². The van der Waals surface area contributed by atoms with Gasteiger partial charge in [-0.1, -0.05) is 5.16 Å². The van der Waals surface area contributed by atoms with Gasteiger partial charge in [0.15, 0.2) is 0 Å². The molecule has 1 aromatic carbocycles. The van der Waals surface area contributed by atoms with Gasteiger partial charge in [0, 0.05) is 11.8 Å². The predicted octanol–water partition coefficient (Wildman–Crippen LogP) is 3.00. The summed E-state index contributed by atoms with van der Waals surface area (Å²) in [4.78, 5) is 11.0. The van der Waals surface area contributed by atoms with Crippen LogP contribution in [0.5, 0.6) is 0 Å². The van der Waals surface area contributed by atoms with Crippen LogP contribution in [0.15, 0.2) is 35.1 Å². The Bertz CT molecular complexity index is 609. The standard InChI is InChI=1S/C12H9F3N2O3/c13-12(14,15)7-1-2-10(9(5-7)11(18)19)16-6-8-3-4-20-17-8/h1-5,16H,6H2,(H,18,19). The number of aromatic carboxylic acids is 1. The van der Waals surface area contributed by atoms with Gasteiger partial charge in [0.2, 0.25) is 0 Å². The topological polar surface area (TPSA) is 75.4 Å². The van der Waals surface area contributed by atoms with E-state index in [1.807, 2.05) is 0 Å². The van der Waals surface area contributed by atoms with Gasteiger partial charge < -0.3 is 14.9 Å². The molecule has 0 saturated heterocycles. The molecule has 106 valence electrons. The van der Waals surface area contributed by atoms with Crippen molar-refractivity contribution in [1.82, 2.24) is 5.16 Å². The van der Waals surface area contributed by atoms with Gasteiger partial charge in [-0.2, -0.15) is 13.2 Å². The summed E-state index contributed by atoms with van der Waals surface area (Å²) in [7, 11) is 0. The largest absolute Gasteiger partial charge is 0.478 e. The summed E-state index contributed by atoms with van der Waals surface area (Å²) in [6.45, 7) is 0.141. The van der Waals surface area contributed by atoms with Gasteiger partial charge >= 0.3 is 12.1 Å². The van der Waals surface area contributed by atoms with Crippen LogP contribution in [0.4, 0.5) is 18.9 Å². The second-order valence-electron chi connectivity index (χ2n) is 3.91. The third-order valence-corrected chi connectivity index (χ3v) is 2.53. The summed E-state index contributed by atoms with van der Waals surface area (Å²) in [6.07, 6.45) is -3.25. The van der Waals surface area contributed by atoms with Crippen molar-refractivity contribution < 1.29 is 27.6 Å². The van der Waals surface area contributed by atoms with Crippen LogP contribution in [-0.2, 0) is 12.7 Å². The normalized spacial score (nSPS) is 11.3. The van der Waals surface area contributed by atoms with Crippen LogP contribution in [-0.4, -0.2) is 16.2 Å². The second-order valence-corrected chi connectivity index (χ2v) is 3.91. The molecular formula is C12H9F3N2O3. The van der Waals surface area contributed by atoms with Gasteiger partial charge in [-0.05, 0) is 18.2 Å². The number of aromatic nitrogens is 1. The van der Waals surface area contributed by atoms with E-state index in [0.29, 0.717) is 11.8 Å². The number of nitrogens with one attached hydrogen (secondary N) is 1. The molecule has 0 aliphatic carbocycles. The van der Waals surface area contributed by atoms with Crippen LogP contribution in [0.2, 0.25) is 0 Å². The number of anilines is 1. The Morgan fingerprint density at radius 3 is 2.65 bits per heavy atom. The number of carboxylic acids is 1. The highest BCUT2D eigenvalue weighted by Crippen LogP contribution is 2.32.